The highest BCUT2D eigenvalue weighted by Crippen LogP contribution is 2.35. The van der Waals surface area contributed by atoms with Gasteiger partial charge < -0.3 is 5.73 Å². The molecule has 0 aliphatic carbocycles. The van der Waals surface area contributed by atoms with Crippen LogP contribution < -0.4 is 5.73 Å². The van der Waals surface area contributed by atoms with Crippen LogP contribution in [0.2, 0.25) is 0 Å². The SMILES string of the molecule is CSc1cc(CBr)c2scc(N)c2c1. The van der Waals surface area contributed by atoms with Crippen LogP contribution in [0.1, 0.15) is 5.56 Å². The van der Waals surface area contributed by atoms with Crippen molar-refractivity contribution < 1.29 is 0 Å². The van der Waals surface area contributed by atoms with Crippen LogP contribution in [0.15, 0.2) is 22.4 Å². The fraction of sp³-hybridized carbons (Fsp3) is 0.200. The smallest absolute Gasteiger partial charge is 0.0503 e. The number of anilines is 1. The monoisotopic (exact) mass is 287 g/mol. The molecule has 74 valence electrons. The van der Waals surface area contributed by atoms with E-state index in [1.165, 1.54) is 20.5 Å². The van der Waals surface area contributed by atoms with Gasteiger partial charge in [-0.25, -0.2) is 0 Å². The maximum absolute atomic E-state index is 5.91. The van der Waals surface area contributed by atoms with Gasteiger partial charge >= 0.3 is 0 Å². The maximum atomic E-state index is 5.91. The second-order valence-electron chi connectivity index (χ2n) is 2.99. The van der Waals surface area contributed by atoms with Crippen LogP contribution in [-0.4, -0.2) is 6.26 Å². The van der Waals surface area contributed by atoms with Crippen LogP contribution in [0, 0.1) is 0 Å². The van der Waals surface area contributed by atoms with E-state index in [1.54, 1.807) is 23.1 Å². The van der Waals surface area contributed by atoms with Crippen molar-refractivity contribution in [2.75, 3.05) is 12.0 Å². The zero-order valence-electron chi connectivity index (χ0n) is 7.71. The number of hydrogen-bond acceptors (Lipinski definition) is 3. The van der Waals surface area contributed by atoms with Crippen molar-refractivity contribution in [2.45, 2.75) is 10.2 Å². The predicted molar refractivity (Wildman–Crippen MR) is 70.6 cm³/mol. The summed E-state index contributed by atoms with van der Waals surface area (Å²) in [5, 5.41) is 4.09. The molecule has 14 heavy (non-hydrogen) atoms. The van der Waals surface area contributed by atoms with E-state index in [4.69, 9.17) is 5.73 Å². The third-order valence-electron chi connectivity index (χ3n) is 2.13. The van der Waals surface area contributed by atoms with Crippen molar-refractivity contribution >= 4 is 54.8 Å². The minimum Gasteiger partial charge on any atom is -0.398 e. The second-order valence-corrected chi connectivity index (χ2v) is 5.31. The first-order valence-corrected chi connectivity index (χ1v) is 7.38. The molecular weight excluding hydrogens is 278 g/mol. The summed E-state index contributed by atoms with van der Waals surface area (Å²) in [7, 11) is 0. The number of rotatable bonds is 2. The number of thiophene rings is 1. The zero-order valence-corrected chi connectivity index (χ0v) is 10.9. The maximum Gasteiger partial charge on any atom is 0.0503 e. The zero-order chi connectivity index (χ0) is 10.1. The van der Waals surface area contributed by atoms with Gasteiger partial charge in [0.1, 0.15) is 0 Å². The minimum atomic E-state index is 0.887. The Bertz CT molecular complexity index is 464. The first-order chi connectivity index (χ1) is 6.76. The molecule has 1 aromatic heterocycles. The van der Waals surface area contributed by atoms with Crippen LogP contribution in [-0.2, 0) is 5.33 Å². The average Bonchev–Trinajstić information content (AvgIpc) is 2.59. The van der Waals surface area contributed by atoms with Gasteiger partial charge in [-0.1, -0.05) is 15.9 Å². The quantitative estimate of drug-likeness (QED) is 0.665. The van der Waals surface area contributed by atoms with Crippen molar-refractivity contribution in [1.29, 1.82) is 0 Å². The van der Waals surface area contributed by atoms with Crippen LogP contribution in [0.3, 0.4) is 0 Å². The Morgan fingerprint density at radius 3 is 2.93 bits per heavy atom. The highest BCUT2D eigenvalue weighted by molar-refractivity contribution is 9.08. The Morgan fingerprint density at radius 1 is 1.50 bits per heavy atom. The summed E-state index contributed by atoms with van der Waals surface area (Å²) in [5.41, 5.74) is 8.13. The predicted octanol–water partition coefficient (Wildman–Crippen LogP) is 4.10. The first-order valence-electron chi connectivity index (χ1n) is 4.16. The molecule has 2 aromatic rings. The summed E-state index contributed by atoms with van der Waals surface area (Å²) in [6.07, 6.45) is 2.09. The van der Waals surface area contributed by atoms with E-state index in [-0.39, 0.29) is 0 Å². The number of alkyl halides is 1. The minimum absolute atomic E-state index is 0.887. The molecule has 1 nitrogen and oxygen atoms in total. The van der Waals surface area contributed by atoms with Crippen LogP contribution >= 0.6 is 39.0 Å². The molecule has 0 radical (unpaired) electrons. The molecule has 0 amide bonds. The second kappa shape index (κ2) is 4.13. The van der Waals surface area contributed by atoms with Gasteiger partial charge in [0.25, 0.3) is 0 Å². The van der Waals surface area contributed by atoms with Crippen molar-refractivity contribution in [3.8, 4) is 0 Å². The van der Waals surface area contributed by atoms with E-state index in [9.17, 15) is 0 Å². The Hall–Kier alpha value is -0.190. The number of halogens is 1. The van der Waals surface area contributed by atoms with Gasteiger partial charge in [-0.05, 0) is 24.0 Å². The van der Waals surface area contributed by atoms with E-state index >= 15 is 0 Å². The molecule has 0 saturated carbocycles. The van der Waals surface area contributed by atoms with E-state index in [0.29, 0.717) is 0 Å². The summed E-state index contributed by atoms with van der Waals surface area (Å²) in [6, 6.07) is 4.38. The van der Waals surface area contributed by atoms with Crippen molar-refractivity contribution in [1.82, 2.24) is 0 Å². The molecule has 1 heterocycles. The fourth-order valence-electron chi connectivity index (χ4n) is 1.42. The lowest BCUT2D eigenvalue weighted by molar-refractivity contribution is 1.41. The number of thioether (sulfide) groups is 1. The Labute approximate surface area is 99.8 Å². The van der Waals surface area contributed by atoms with Crippen molar-refractivity contribution in [3.63, 3.8) is 0 Å². The largest absolute Gasteiger partial charge is 0.398 e. The lowest BCUT2D eigenvalue weighted by Gasteiger charge is -2.03. The summed E-state index contributed by atoms with van der Waals surface area (Å²) in [6.45, 7) is 0. The normalized spacial score (nSPS) is 11.0. The van der Waals surface area contributed by atoms with Crippen LogP contribution in [0.25, 0.3) is 10.1 Å². The molecule has 0 saturated heterocycles. The van der Waals surface area contributed by atoms with Gasteiger partial charge in [-0.2, -0.15) is 0 Å². The standard InChI is InChI=1S/C10H10BrNS2/c1-13-7-2-6(4-11)10-8(3-7)9(12)5-14-10/h2-3,5H,4,12H2,1H3. The van der Waals surface area contributed by atoms with Crippen LogP contribution in [0.4, 0.5) is 5.69 Å². The summed E-state index contributed by atoms with van der Waals surface area (Å²) >= 11 is 6.98. The average molecular weight is 288 g/mol. The first kappa shape index (κ1) is 10.3. The number of hydrogen-bond donors (Lipinski definition) is 1. The molecular formula is C10H10BrNS2. The van der Waals surface area contributed by atoms with Gasteiger partial charge in [-0.15, -0.1) is 23.1 Å². The Kier molecular flexibility index (Phi) is 3.04. The molecule has 0 fully saturated rings. The van der Waals surface area contributed by atoms with Gasteiger partial charge in [0.2, 0.25) is 0 Å². The molecule has 0 atom stereocenters. The summed E-state index contributed by atoms with van der Waals surface area (Å²) in [5.74, 6) is 0. The number of fused-ring (bicyclic) bond motifs is 1. The highest BCUT2D eigenvalue weighted by atomic mass is 79.9. The molecule has 2 rings (SSSR count). The molecule has 0 bridgehead atoms. The highest BCUT2D eigenvalue weighted by Gasteiger charge is 2.07. The van der Waals surface area contributed by atoms with E-state index in [1.807, 2.05) is 5.38 Å². The number of benzene rings is 1. The Morgan fingerprint density at radius 2 is 2.29 bits per heavy atom. The topological polar surface area (TPSA) is 26.0 Å². The van der Waals surface area contributed by atoms with Gasteiger partial charge in [0.05, 0.1) is 5.69 Å². The van der Waals surface area contributed by atoms with E-state index in [2.05, 4.69) is 34.3 Å². The third-order valence-corrected chi connectivity index (χ3v) is 4.53. The fourth-order valence-corrected chi connectivity index (χ4v) is 3.50. The molecule has 1 aromatic carbocycles. The lowest BCUT2D eigenvalue weighted by atomic mass is 10.2. The number of nitrogens with two attached hydrogens (primary N) is 1. The summed E-state index contributed by atoms with van der Waals surface area (Å²) < 4.78 is 1.30. The molecule has 0 spiro atoms. The molecule has 0 aliphatic rings. The molecule has 2 N–H and O–H groups in total. The van der Waals surface area contributed by atoms with Gasteiger partial charge in [-0.3, -0.25) is 0 Å². The number of nitrogen functional groups attached to an aromatic ring is 1. The van der Waals surface area contributed by atoms with E-state index < -0.39 is 0 Å². The molecule has 4 heteroatoms. The summed E-state index contributed by atoms with van der Waals surface area (Å²) in [4.78, 5) is 1.28. The lowest BCUT2D eigenvalue weighted by Crippen LogP contribution is -1.84. The van der Waals surface area contributed by atoms with Gasteiger partial charge in [0, 0.05) is 25.7 Å². The molecule has 0 unspecified atom stereocenters. The van der Waals surface area contributed by atoms with Gasteiger partial charge in [0.15, 0.2) is 0 Å². The van der Waals surface area contributed by atoms with Crippen LogP contribution in [0.5, 0.6) is 0 Å². The van der Waals surface area contributed by atoms with Crippen molar-refractivity contribution in [2.24, 2.45) is 0 Å². The molecule has 0 aliphatic heterocycles. The third kappa shape index (κ3) is 1.66. The van der Waals surface area contributed by atoms with E-state index in [0.717, 1.165) is 11.0 Å². The Balaban J connectivity index is 2.76. The van der Waals surface area contributed by atoms with Crippen molar-refractivity contribution in [3.05, 3.63) is 23.1 Å².